The second-order valence-electron chi connectivity index (χ2n) is 2.72. The molecule has 0 atom stereocenters. The second-order valence-corrected chi connectivity index (χ2v) is 2.72. The van der Waals surface area contributed by atoms with Gasteiger partial charge < -0.3 is 20.9 Å². The van der Waals surface area contributed by atoms with Gasteiger partial charge in [0.2, 0.25) is 0 Å². The van der Waals surface area contributed by atoms with E-state index in [1.54, 1.807) is 0 Å². The third kappa shape index (κ3) is 2.80. The topological polar surface area (TPSA) is 70.5 Å². The number of ether oxygens (including phenoxy) is 2. The van der Waals surface area contributed by atoms with Crippen molar-refractivity contribution in [3.05, 3.63) is 0 Å². The van der Waals surface area contributed by atoms with Gasteiger partial charge in [-0.25, -0.2) is 0 Å². The van der Waals surface area contributed by atoms with Crippen LogP contribution in [0.3, 0.4) is 0 Å². The second kappa shape index (κ2) is 5.22. The molecule has 0 aromatic rings. The molecule has 0 aromatic heterocycles. The fourth-order valence-electron chi connectivity index (χ4n) is 0.936. The van der Waals surface area contributed by atoms with Gasteiger partial charge in [-0.1, -0.05) is 0 Å². The van der Waals surface area contributed by atoms with Crippen LogP contribution in [-0.2, 0) is 30.5 Å². The summed E-state index contributed by atoms with van der Waals surface area (Å²) in [6, 6.07) is 0. The van der Waals surface area contributed by atoms with E-state index in [4.69, 9.17) is 20.9 Å². The van der Waals surface area contributed by atoms with Gasteiger partial charge in [0, 0.05) is 18.5 Å². The van der Waals surface area contributed by atoms with Crippen molar-refractivity contribution in [2.24, 2.45) is 16.9 Å². The largest absolute Gasteiger partial charge is 2.00 e. The monoisotopic (exact) mass is 341 g/mol. The Hall–Kier alpha value is 0.528. The summed E-state index contributed by atoms with van der Waals surface area (Å²) in [4.78, 5) is 0. The molecule has 11 heavy (non-hydrogen) atoms. The van der Waals surface area contributed by atoms with E-state index in [2.05, 4.69) is 0 Å². The van der Waals surface area contributed by atoms with Crippen molar-refractivity contribution in [2.75, 3.05) is 33.1 Å². The van der Waals surface area contributed by atoms with E-state index >= 15 is 0 Å². The van der Waals surface area contributed by atoms with E-state index in [1.807, 2.05) is 0 Å². The van der Waals surface area contributed by atoms with Gasteiger partial charge in [-0.15, -0.1) is 0 Å². The molecule has 4 N–H and O–H groups in total. The van der Waals surface area contributed by atoms with Gasteiger partial charge in [-0.3, -0.25) is 0 Å². The summed E-state index contributed by atoms with van der Waals surface area (Å²) in [5.74, 6) is 0. The molecule has 0 bridgehead atoms. The molecule has 1 rings (SSSR count). The van der Waals surface area contributed by atoms with Crippen LogP contribution in [0.25, 0.3) is 0 Å². The molecule has 1 aliphatic rings. The van der Waals surface area contributed by atoms with E-state index < -0.39 is 0 Å². The first-order chi connectivity index (χ1) is 4.83. The van der Waals surface area contributed by atoms with Crippen LogP contribution in [0.1, 0.15) is 0 Å². The zero-order valence-corrected chi connectivity index (χ0v) is 8.60. The molecule has 1 fully saturated rings. The van der Waals surface area contributed by atoms with E-state index in [-0.39, 0.29) is 26.5 Å². The Morgan fingerprint density at radius 1 is 1.09 bits per heavy atom. The van der Waals surface area contributed by atoms with Crippen LogP contribution in [0.4, 0.5) is 0 Å². The minimum atomic E-state index is -0.127. The van der Waals surface area contributed by atoms with Crippen LogP contribution in [0.15, 0.2) is 0 Å². The van der Waals surface area contributed by atoms with Crippen LogP contribution in [0.2, 0.25) is 0 Å². The maximum absolute atomic E-state index is 5.51. The molecular weight excluding hydrogens is 327 g/mol. The fourth-order valence-corrected chi connectivity index (χ4v) is 0.936. The van der Waals surface area contributed by atoms with E-state index in [0.717, 1.165) is 0 Å². The Bertz CT molecular complexity index is 101. The van der Waals surface area contributed by atoms with E-state index in [0.29, 0.717) is 33.1 Å². The first-order valence-electron chi connectivity index (χ1n) is 3.39. The number of nitrogens with two attached hydrogens (primary N) is 2. The first kappa shape index (κ1) is 11.5. The summed E-state index contributed by atoms with van der Waals surface area (Å²) >= 11 is 0. The third-order valence-electron chi connectivity index (χ3n) is 1.85. The molecule has 0 saturated carbocycles. The molecular formula is C6H14N2O2Pt+2. The molecule has 5 heteroatoms. The number of rotatable bonds is 2. The van der Waals surface area contributed by atoms with E-state index in [9.17, 15) is 0 Å². The molecule has 0 aromatic carbocycles. The summed E-state index contributed by atoms with van der Waals surface area (Å²) in [7, 11) is 0. The molecule has 0 aliphatic carbocycles. The third-order valence-corrected chi connectivity index (χ3v) is 1.85. The molecule has 1 heterocycles. The fraction of sp³-hybridized carbons (Fsp3) is 1.00. The van der Waals surface area contributed by atoms with Crippen LogP contribution in [-0.4, -0.2) is 33.1 Å². The Kier molecular flexibility index (Phi) is 5.47. The van der Waals surface area contributed by atoms with Gasteiger partial charge in [-0.2, -0.15) is 0 Å². The van der Waals surface area contributed by atoms with Crippen LogP contribution in [0, 0.1) is 5.41 Å². The molecule has 0 amide bonds. The van der Waals surface area contributed by atoms with Crippen LogP contribution >= 0.6 is 0 Å². The van der Waals surface area contributed by atoms with Crippen molar-refractivity contribution in [3.8, 4) is 0 Å². The standard InChI is InChI=1S/C6H14N2O2.Pt/c7-1-6(2-8)3-9-5-10-4-6;/h1-5,7-8H2;/q;+2. The Balaban J connectivity index is 0.000001000. The van der Waals surface area contributed by atoms with Gasteiger partial charge in [0.05, 0.1) is 13.2 Å². The van der Waals surface area contributed by atoms with E-state index in [1.165, 1.54) is 0 Å². The Morgan fingerprint density at radius 2 is 1.55 bits per heavy atom. The minimum Gasteiger partial charge on any atom is -0.355 e. The van der Waals surface area contributed by atoms with Crippen molar-refractivity contribution in [1.29, 1.82) is 0 Å². The zero-order chi connectivity index (χ0) is 7.45. The Labute approximate surface area is 80.9 Å². The molecule has 1 aliphatic heterocycles. The molecule has 0 unspecified atom stereocenters. The normalized spacial score (nSPS) is 22.4. The van der Waals surface area contributed by atoms with Crippen molar-refractivity contribution >= 4 is 0 Å². The molecule has 1 saturated heterocycles. The van der Waals surface area contributed by atoms with Crippen molar-refractivity contribution < 1.29 is 30.5 Å². The summed E-state index contributed by atoms with van der Waals surface area (Å²) in [5.41, 5.74) is 10.9. The Morgan fingerprint density at radius 3 is 1.82 bits per heavy atom. The van der Waals surface area contributed by atoms with Gasteiger partial charge in [0.15, 0.2) is 0 Å². The minimum absolute atomic E-state index is 0. The van der Waals surface area contributed by atoms with Crippen molar-refractivity contribution in [3.63, 3.8) is 0 Å². The number of hydrogen-bond acceptors (Lipinski definition) is 4. The van der Waals surface area contributed by atoms with Gasteiger partial charge in [0.25, 0.3) is 0 Å². The van der Waals surface area contributed by atoms with Gasteiger partial charge in [-0.05, 0) is 0 Å². The summed E-state index contributed by atoms with van der Waals surface area (Å²) in [5, 5.41) is 0. The average molecular weight is 341 g/mol. The molecule has 0 radical (unpaired) electrons. The first-order valence-corrected chi connectivity index (χ1v) is 3.39. The average Bonchev–Trinajstić information content (AvgIpc) is 2.06. The number of hydrogen-bond donors (Lipinski definition) is 2. The predicted octanol–water partition coefficient (Wildman–Crippen LogP) is -1.11. The maximum atomic E-state index is 5.51. The van der Waals surface area contributed by atoms with Crippen LogP contribution < -0.4 is 11.5 Å². The molecule has 4 nitrogen and oxygen atoms in total. The summed E-state index contributed by atoms with van der Waals surface area (Å²) < 4.78 is 10.2. The van der Waals surface area contributed by atoms with Gasteiger partial charge in [0.1, 0.15) is 6.79 Å². The summed E-state index contributed by atoms with van der Waals surface area (Å²) in [6.07, 6.45) is 0. The van der Waals surface area contributed by atoms with Crippen LogP contribution in [0.5, 0.6) is 0 Å². The molecule has 0 spiro atoms. The van der Waals surface area contributed by atoms with Crippen molar-refractivity contribution in [2.45, 2.75) is 0 Å². The maximum Gasteiger partial charge on any atom is 2.00 e. The zero-order valence-electron chi connectivity index (χ0n) is 6.32. The SMILES string of the molecule is NCC1(CN)COCOC1.[Pt+2]. The predicted molar refractivity (Wildman–Crippen MR) is 37.3 cm³/mol. The van der Waals surface area contributed by atoms with Crippen molar-refractivity contribution in [1.82, 2.24) is 0 Å². The summed E-state index contributed by atoms with van der Waals surface area (Å²) in [6.45, 7) is 2.69. The quantitative estimate of drug-likeness (QED) is 0.669. The van der Waals surface area contributed by atoms with Gasteiger partial charge >= 0.3 is 21.1 Å². The molecule has 68 valence electrons. The smallest absolute Gasteiger partial charge is 0.355 e.